The van der Waals surface area contributed by atoms with E-state index in [0.717, 1.165) is 23.2 Å². The Morgan fingerprint density at radius 1 is 1.21 bits per heavy atom. The molecule has 4 unspecified atom stereocenters. The van der Waals surface area contributed by atoms with Gasteiger partial charge < -0.3 is 14.5 Å². The summed E-state index contributed by atoms with van der Waals surface area (Å²) >= 11 is 3.49. The summed E-state index contributed by atoms with van der Waals surface area (Å²) in [6, 6.07) is 7.52. The average Bonchev–Trinajstić information content (AvgIpc) is 3.06. The smallest absolute Gasteiger partial charge is 0.327 e. The molecule has 3 heterocycles. The Morgan fingerprint density at radius 3 is 2.61 bits per heavy atom. The van der Waals surface area contributed by atoms with Crippen LogP contribution in [0.4, 0.5) is 10.5 Å². The predicted octanol–water partition coefficient (Wildman–Crippen LogP) is 1.33. The van der Waals surface area contributed by atoms with Crippen molar-refractivity contribution >= 4 is 33.6 Å². The van der Waals surface area contributed by atoms with Crippen molar-refractivity contribution in [2.45, 2.75) is 25.4 Å². The SMILES string of the molecule is COCCN1C(=O)C2C(NC3N(c4ccc(Br)cc4)CC(C)CN23)N(C)C1=O. The molecule has 4 atom stereocenters. The Kier molecular flexibility index (Phi) is 5.34. The van der Waals surface area contributed by atoms with Crippen LogP contribution in [-0.2, 0) is 9.53 Å². The van der Waals surface area contributed by atoms with Gasteiger partial charge in [-0.15, -0.1) is 0 Å². The monoisotopic (exact) mass is 451 g/mol. The highest BCUT2D eigenvalue weighted by Gasteiger charge is 2.56. The number of amides is 3. The van der Waals surface area contributed by atoms with Crippen molar-refractivity contribution in [2.75, 3.05) is 45.3 Å². The summed E-state index contributed by atoms with van der Waals surface area (Å²) in [5.74, 6) is 0.244. The molecule has 0 aliphatic carbocycles. The van der Waals surface area contributed by atoms with Crippen molar-refractivity contribution in [3.05, 3.63) is 28.7 Å². The highest BCUT2D eigenvalue weighted by Crippen LogP contribution is 2.34. The van der Waals surface area contributed by atoms with E-state index < -0.39 is 6.04 Å². The number of halogens is 1. The fourth-order valence-corrected chi connectivity index (χ4v) is 4.70. The van der Waals surface area contributed by atoms with Gasteiger partial charge in [-0.25, -0.2) is 4.79 Å². The number of ether oxygens (including phenoxy) is 1. The number of benzene rings is 1. The number of anilines is 1. The van der Waals surface area contributed by atoms with Crippen LogP contribution in [0.1, 0.15) is 6.92 Å². The lowest BCUT2D eigenvalue weighted by molar-refractivity contribution is -0.139. The highest BCUT2D eigenvalue weighted by atomic mass is 79.9. The van der Waals surface area contributed by atoms with Crippen molar-refractivity contribution in [2.24, 2.45) is 5.92 Å². The van der Waals surface area contributed by atoms with Crippen LogP contribution in [-0.4, -0.2) is 85.5 Å². The summed E-state index contributed by atoms with van der Waals surface area (Å²) in [5, 5.41) is 3.53. The third kappa shape index (κ3) is 3.20. The number of methoxy groups -OCH3 is 1. The van der Waals surface area contributed by atoms with Crippen molar-refractivity contribution in [1.29, 1.82) is 0 Å². The highest BCUT2D eigenvalue weighted by molar-refractivity contribution is 9.10. The van der Waals surface area contributed by atoms with E-state index in [-0.39, 0.29) is 30.9 Å². The molecule has 3 aliphatic rings. The molecule has 3 saturated heterocycles. The van der Waals surface area contributed by atoms with Gasteiger partial charge in [0.25, 0.3) is 5.91 Å². The van der Waals surface area contributed by atoms with Crippen LogP contribution < -0.4 is 10.2 Å². The molecule has 1 aromatic carbocycles. The van der Waals surface area contributed by atoms with Gasteiger partial charge >= 0.3 is 6.03 Å². The largest absolute Gasteiger partial charge is 0.383 e. The molecule has 0 aromatic heterocycles. The molecule has 3 amide bonds. The van der Waals surface area contributed by atoms with E-state index in [1.165, 1.54) is 4.90 Å². The predicted molar refractivity (Wildman–Crippen MR) is 109 cm³/mol. The molecule has 0 saturated carbocycles. The number of likely N-dealkylation sites (N-methyl/N-ethyl adjacent to an activating group) is 1. The number of carbonyl (C=O) groups excluding carboxylic acids is 2. The molecule has 3 aliphatic heterocycles. The Balaban J connectivity index is 1.65. The van der Waals surface area contributed by atoms with Gasteiger partial charge in [0.05, 0.1) is 13.2 Å². The Bertz CT molecular complexity index is 760. The van der Waals surface area contributed by atoms with Gasteiger partial charge in [0, 0.05) is 37.4 Å². The zero-order chi connectivity index (χ0) is 20.0. The number of carbonyl (C=O) groups is 2. The minimum absolute atomic E-state index is 0.131. The molecule has 8 nitrogen and oxygen atoms in total. The van der Waals surface area contributed by atoms with E-state index in [1.807, 2.05) is 12.1 Å². The summed E-state index contributed by atoms with van der Waals surface area (Å²) in [6.45, 7) is 4.49. The van der Waals surface area contributed by atoms with Crippen molar-refractivity contribution in [3.8, 4) is 0 Å². The zero-order valence-corrected chi connectivity index (χ0v) is 17.9. The minimum Gasteiger partial charge on any atom is -0.383 e. The number of hydrogen-bond donors (Lipinski definition) is 1. The van der Waals surface area contributed by atoms with Gasteiger partial charge in [0.1, 0.15) is 18.5 Å². The zero-order valence-electron chi connectivity index (χ0n) is 16.3. The lowest BCUT2D eigenvalue weighted by atomic mass is 10.0. The summed E-state index contributed by atoms with van der Waals surface area (Å²) < 4.78 is 6.12. The van der Waals surface area contributed by atoms with E-state index in [0.29, 0.717) is 12.5 Å². The first-order chi connectivity index (χ1) is 13.4. The van der Waals surface area contributed by atoms with E-state index in [4.69, 9.17) is 4.74 Å². The molecular formula is C19H26BrN5O3. The summed E-state index contributed by atoms with van der Waals surface area (Å²) in [6.07, 6.45) is -0.471. The maximum atomic E-state index is 13.2. The topological polar surface area (TPSA) is 68.4 Å². The lowest BCUT2D eigenvalue weighted by Crippen LogP contribution is -2.67. The first kappa shape index (κ1) is 19.6. The summed E-state index contributed by atoms with van der Waals surface area (Å²) in [4.78, 5) is 33.4. The van der Waals surface area contributed by atoms with Crippen LogP contribution in [0.25, 0.3) is 0 Å². The fourth-order valence-electron chi connectivity index (χ4n) is 4.44. The molecule has 1 N–H and O–H groups in total. The van der Waals surface area contributed by atoms with Crippen LogP contribution >= 0.6 is 15.9 Å². The van der Waals surface area contributed by atoms with E-state index in [9.17, 15) is 9.59 Å². The maximum absolute atomic E-state index is 13.2. The molecule has 4 rings (SSSR count). The molecule has 0 bridgehead atoms. The maximum Gasteiger partial charge on any atom is 0.327 e. The fraction of sp³-hybridized carbons (Fsp3) is 0.579. The Hall–Kier alpha value is -1.68. The van der Waals surface area contributed by atoms with Gasteiger partial charge in [-0.3, -0.25) is 19.9 Å². The van der Waals surface area contributed by atoms with Gasteiger partial charge in [-0.05, 0) is 30.2 Å². The van der Waals surface area contributed by atoms with Crippen LogP contribution in [0.15, 0.2) is 28.7 Å². The minimum atomic E-state index is -0.398. The van der Waals surface area contributed by atoms with Crippen molar-refractivity contribution < 1.29 is 14.3 Å². The Morgan fingerprint density at radius 2 is 1.93 bits per heavy atom. The molecular weight excluding hydrogens is 426 g/mol. The quantitative estimate of drug-likeness (QED) is 0.744. The van der Waals surface area contributed by atoms with E-state index in [1.54, 1.807) is 19.1 Å². The second-order valence-electron chi connectivity index (χ2n) is 7.74. The number of fused-ring (bicyclic) bond motifs is 3. The van der Waals surface area contributed by atoms with Crippen LogP contribution in [0.2, 0.25) is 0 Å². The van der Waals surface area contributed by atoms with Crippen molar-refractivity contribution in [3.63, 3.8) is 0 Å². The number of imide groups is 1. The molecule has 1 aromatic rings. The second-order valence-corrected chi connectivity index (χ2v) is 8.65. The van der Waals surface area contributed by atoms with Crippen LogP contribution in [0.5, 0.6) is 0 Å². The number of rotatable bonds is 4. The van der Waals surface area contributed by atoms with E-state index >= 15 is 0 Å². The van der Waals surface area contributed by atoms with E-state index in [2.05, 4.69) is 50.1 Å². The Labute approximate surface area is 173 Å². The molecule has 3 fully saturated rings. The van der Waals surface area contributed by atoms with Gasteiger partial charge in [-0.2, -0.15) is 0 Å². The lowest BCUT2D eigenvalue weighted by Gasteiger charge is -2.46. The summed E-state index contributed by atoms with van der Waals surface area (Å²) in [5.41, 5.74) is 1.09. The average molecular weight is 452 g/mol. The number of nitrogens with zero attached hydrogens (tertiary/aromatic N) is 4. The van der Waals surface area contributed by atoms with Crippen LogP contribution in [0.3, 0.4) is 0 Å². The summed E-state index contributed by atoms with van der Waals surface area (Å²) in [7, 11) is 3.33. The third-order valence-electron chi connectivity index (χ3n) is 5.76. The first-order valence-corrected chi connectivity index (χ1v) is 10.3. The van der Waals surface area contributed by atoms with Crippen molar-refractivity contribution in [1.82, 2.24) is 20.0 Å². The van der Waals surface area contributed by atoms with Gasteiger partial charge in [-0.1, -0.05) is 22.9 Å². The van der Waals surface area contributed by atoms with Gasteiger partial charge in [0.2, 0.25) is 0 Å². The number of urea groups is 1. The first-order valence-electron chi connectivity index (χ1n) is 9.53. The number of nitrogens with one attached hydrogen (secondary N) is 1. The molecule has 28 heavy (non-hydrogen) atoms. The van der Waals surface area contributed by atoms with Gasteiger partial charge in [0.15, 0.2) is 0 Å². The standard InChI is InChI=1S/C19H26BrN5O3/c1-12-10-24(14-6-4-13(20)5-7-14)18-21-16-15(25(18)11-12)17(26)23(8-9-28-3)19(27)22(16)2/h4-7,12,15-16,18,21H,8-11H2,1-3H3. The molecule has 152 valence electrons. The normalized spacial score (nSPS) is 30.6. The second kappa shape index (κ2) is 7.62. The molecule has 0 radical (unpaired) electrons. The molecule has 0 spiro atoms. The third-order valence-corrected chi connectivity index (χ3v) is 6.29. The molecule has 9 heteroatoms. The number of hydrogen-bond acceptors (Lipinski definition) is 6. The van der Waals surface area contributed by atoms with Crippen LogP contribution in [0, 0.1) is 5.92 Å².